The molecule has 0 saturated heterocycles. The maximum Gasteiger partial charge on any atom is 0.308 e. The molecule has 8 nitrogen and oxygen atoms in total. The van der Waals surface area contributed by atoms with E-state index >= 15 is 0 Å². The van der Waals surface area contributed by atoms with E-state index in [-0.39, 0.29) is 25.5 Å². The number of esters is 1. The van der Waals surface area contributed by atoms with E-state index in [0.717, 1.165) is 12.8 Å². The second-order valence-corrected chi connectivity index (χ2v) is 5.76. The number of rotatable bonds is 9. The number of amides is 1. The Labute approximate surface area is 137 Å². The van der Waals surface area contributed by atoms with E-state index in [1.54, 1.807) is 16.8 Å². The lowest BCUT2D eigenvalue weighted by atomic mass is 10.3. The van der Waals surface area contributed by atoms with Crippen LogP contribution < -0.4 is 5.32 Å². The van der Waals surface area contributed by atoms with Gasteiger partial charge in [-0.15, -0.1) is 16.4 Å². The number of nitrogens with one attached hydrogen (secondary N) is 1. The van der Waals surface area contributed by atoms with Gasteiger partial charge in [-0.2, -0.15) is 0 Å². The molecule has 2 heterocycles. The summed E-state index contributed by atoms with van der Waals surface area (Å²) in [5, 5.41) is 15.8. The molecule has 2 aromatic heterocycles. The van der Waals surface area contributed by atoms with Crippen molar-refractivity contribution in [2.45, 2.75) is 39.3 Å². The normalized spacial score (nSPS) is 10.5. The van der Waals surface area contributed by atoms with Crippen LogP contribution in [0.4, 0.5) is 0 Å². The van der Waals surface area contributed by atoms with Gasteiger partial charge in [0, 0.05) is 13.1 Å². The number of ether oxygens (including phenoxy) is 1. The Morgan fingerprint density at radius 1 is 1.43 bits per heavy atom. The van der Waals surface area contributed by atoms with Gasteiger partial charge < -0.3 is 10.1 Å². The molecule has 124 valence electrons. The monoisotopic (exact) mass is 337 g/mol. The third-order valence-electron chi connectivity index (χ3n) is 3.05. The van der Waals surface area contributed by atoms with E-state index in [9.17, 15) is 9.59 Å². The van der Waals surface area contributed by atoms with Crippen molar-refractivity contribution in [2.24, 2.45) is 0 Å². The van der Waals surface area contributed by atoms with Crippen molar-refractivity contribution in [3.63, 3.8) is 0 Å². The number of aryl methyl sites for hydroxylation is 1. The molecule has 0 fully saturated rings. The van der Waals surface area contributed by atoms with Crippen LogP contribution in [0.3, 0.4) is 0 Å². The van der Waals surface area contributed by atoms with E-state index in [0.29, 0.717) is 17.2 Å². The van der Waals surface area contributed by atoms with Crippen molar-refractivity contribution in [2.75, 3.05) is 6.54 Å². The molecule has 1 N–H and O–H groups in total. The maximum atomic E-state index is 11.7. The summed E-state index contributed by atoms with van der Waals surface area (Å²) < 4.78 is 6.76. The summed E-state index contributed by atoms with van der Waals surface area (Å²) in [4.78, 5) is 24.0. The summed E-state index contributed by atoms with van der Waals surface area (Å²) in [5.41, 5.74) is 0. The molecule has 0 aliphatic rings. The highest BCUT2D eigenvalue weighted by molar-refractivity contribution is 7.12. The molecule has 2 aromatic rings. The van der Waals surface area contributed by atoms with Crippen LogP contribution in [-0.2, 0) is 22.7 Å². The minimum absolute atomic E-state index is 0.0361. The van der Waals surface area contributed by atoms with Crippen LogP contribution in [0.15, 0.2) is 17.5 Å². The molecule has 0 saturated carbocycles. The number of carbonyl (C=O) groups excluding carboxylic acids is 2. The minimum atomic E-state index is -0.401. The van der Waals surface area contributed by atoms with Gasteiger partial charge >= 0.3 is 5.97 Å². The van der Waals surface area contributed by atoms with Gasteiger partial charge in [-0.05, 0) is 28.3 Å². The number of nitrogens with zero attached hydrogens (tertiary/aromatic N) is 4. The zero-order valence-corrected chi connectivity index (χ0v) is 13.7. The van der Waals surface area contributed by atoms with Crippen LogP contribution in [0.5, 0.6) is 0 Å². The first-order valence-corrected chi connectivity index (χ1v) is 8.31. The van der Waals surface area contributed by atoms with Gasteiger partial charge in [0.25, 0.3) is 5.91 Å². The number of aromatic nitrogens is 4. The predicted octanol–water partition coefficient (Wildman–Crippen LogP) is 1.40. The highest BCUT2D eigenvalue weighted by Gasteiger charge is 2.11. The molecule has 0 spiro atoms. The summed E-state index contributed by atoms with van der Waals surface area (Å²) in [5.74, 6) is -0.0627. The topological polar surface area (TPSA) is 99.0 Å². The van der Waals surface area contributed by atoms with Crippen LogP contribution in [0.25, 0.3) is 0 Å². The average molecular weight is 337 g/mol. The second-order valence-electron chi connectivity index (χ2n) is 4.82. The number of tetrazole rings is 1. The maximum absolute atomic E-state index is 11.7. The molecule has 0 atom stereocenters. The molecule has 0 aromatic carbocycles. The summed E-state index contributed by atoms with van der Waals surface area (Å²) in [6, 6.07) is 3.53. The zero-order chi connectivity index (χ0) is 16.5. The van der Waals surface area contributed by atoms with Crippen molar-refractivity contribution >= 4 is 23.2 Å². The molecule has 2 rings (SSSR count). The Morgan fingerprint density at radius 2 is 2.30 bits per heavy atom. The number of thiophene rings is 1. The quantitative estimate of drug-likeness (QED) is 0.694. The standard InChI is InChI=1S/C14H19N5O3S/c1-2-3-8-19-12(16-17-18-19)10-22-13(20)6-7-15-14(21)11-5-4-9-23-11/h4-5,9H,2-3,6-8,10H2,1H3,(H,15,21). The van der Waals surface area contributed by atoms with Gasteiger partial charge in [-0.1, -0.05) is 19.4 Å². The van der Waals surface area contributed by atoms with Crippen LogP contribution in [0.1, 0.15) is 41.7 Å². The van der Waals surface area contributed by atoms with Crippen LogP contribution in [-0.4, -0.2) is 38.6 Å². The lowest BCUT2D eigenvalue weighted by Crippen LogP contribution is -2.25. The molecule has 9 heteroatoms. The smallest absolute Gasteiger partial charge is 0.308 e. The fourth-order valence-electron chi connectivity index (χ4n) is 1.80. The highest BCUT2D eigenvalue weighted by Crippen LogP contribution is 2.07. The average Bonchev–Trinajstić information content (AvgIpc) is 3.22. The number of hydrogen-bond acceptors (Lipinski definition) is 7. The van der Waals surface area contributed by atoms with Crippen LogP contribution in [0.2, 0.25) is 0 Å². The first kappa shape index (κ1) is 17.1. The number of unbranched alkanes of at least 4 members (excludes halogenated alkanes) is 1. The third kappa shape index (κ3) is 5.44. The van der Waals surface area contributed by atoms with Crippen molar-refractivity contribution in [1.29, 1.82) is 0 Å². The van der Waals surface area contributed by atoms with Crippen molar-refractivity contribution < 1.29 is 14.3 Å². The predicted molar refractivity (Wildman–Crippen MR) is 83.8 cm³/mol. The first-order chi connectivity index (χ1) is 11.2. The van der Waals surface area contributed by atoms with Gasteiger partial charge in [-0.3, -0.25) is 9.59 Å². The van der Waals surface area contributed by atoms with Crippen molar-refractivity contribution in [3.05, 3.63) is 28.2 Å². The third-order valence-corrected chi connectivity index (χ3v) is 3.92. The molecule has 0 aliphatic heterocycles. The molecule has 0 unspecified atom stereocenters. The fraction of sp³-hybridized carbons (Fsp3) is 0.500. The van der Waals surface area contributed by atoms with E-state index in [1.807, 2.05) is 5.38 Å². The van der Waals surface area contributed by atoms with Gasteiger partial charge in [0.05, 0.1) is 11.3 Å². The van der Waals surface area contributed by atoms with Gasteiger partial charge in [-0.25, -0.2) is 4.68 Å². The van der Waals surface area contributed by atoms with Gasteiger partial charge in [0.15, 0.2) is 12.4 Å². The Kier molecular flexibility index (Phi) is 6.67. The summed E-state index contributed by atoms with van der Waals surface area (Å²) >= 11 is 1.35. The van der Waals surface area contributed by atoms with Crippen molar-refractivity contribution in [3.8, 4) is 0 Å². The number of carbonyl (C=O) groups is 2. The lowest BCUT2D eigenvalue weighted by molar-refractivity contribution is -0.145. The second kappa shape index (κ2) is 8.99. The molecule has 23 heavy (non-hydrogen) atoms. The van der Waals surface area contributed by atoms with Crippen LogP contribution in [0, 0.1) is 0 Å². The molecular weight excluding hydrogens is 318 g/mol. The number of hydrogen-bond donors (Lipinski definition) is 1. The summed E-state index contributed by atoms with van der Waals surface area (Å²) in [6.45, 7) is 3.05. The van der Waals surface area contributed by atoms with Gasteiger partial charge in [0.1, 0.15) is 0 Å². The SMILES string of the molecule is CCCCn1nnnc1COC(=O)CCNC(=O)c1cccs1. The molecule has 0 bridgehead atoms. The summed E-state index contributed by atoms with van der Waals surface area (Å²) in [6.07, 6.45) is 2.09. The Bertz CT molecular complexity index is 626. The van der Waals surface area contributed by atoms with E-state index < -0.39 is 5.97 Å². The molecular formula is C14H19N5O3S. The largest absolute Gasteiger partial charge is 0.457 e. The van der Waals surface area contributed by atoms with Gasteiger partial charge in [0.2, 0.25) is 0 Å². The fourth-order valence-corrected chi connectivity index (χ4v) is 2.44. The van der Waals surface area contributed by atoms with E-state index in [1.165, 1.54) is 11.3 Å². The molecule has 0 radical (unpaired) electrons. The molecule has 1 amide bonds. The Hall–Kier alpha value is -2.29. The Balaban J connectivity index is 1.67. The Morgan fingerprint density at radius 3 is 3.04 bits per heavy atom. The van der Waals surface area contributed by atoms with Crippen LogP contribution >= 0.6 is 11.3 Å². The zero-order valence-electron chi connectivity index (χ0n) is 12.9. The first-order valence-electron chi connectivity index (χ1n) is 7.43. The van der Waals surface area contributed by atoms with E-state index in [4.69, 9.17) is 4.74 Å². The van der Waals surface area contributed by atoms with Crippen molar-refractivity contribution in [1.82, 2.24) is 25.5 Å². The lowest BCUT2D eigenvalue weighted by Gasteiger charge is -2.06. The summed E-state index contributed by atoms with van der Waals surface area (Å²) in [7, 11) is 0. The van der Waals surface area contributed by atoms with E-state index in [2.05, 4.69) is 27.8 Å². The molecule has 0 aliphatic carbocycles. The highest BCUT2D eigenvalue weighted by atomic mass is 32.1. The minimum Gasteiger partial charge on any atom is -0.457 e.